The summed E-state index contributed by atoms with van der Waals surface area (Å²) in [6, 6.07) is 8.34. The number of halogens is 1. The highest BCUT2D eigenvalue weighted by Gasteiger charge is 2.16. The Balaban J connectivity index is 2.72. The van der Waals surface area contributed by atoms with Gasteiger partial charge in [0.25, 0.3) is 0 Å². The highest BCUT2D eigenvalue weighted by molar-refractivity contribution is 6.30. The molecule has 0 saturated heterocycles. The summed E-state index contributed by atoms with van der Waals surface area (Å²) in [6.45, 7) is 1.86. The molecule has 0 bridgehead atoms. The van der Waals surface area contributed by atoms with Crippen molar-refractivity contribution < 1.29 is 14.3 Å². The van der Waals surface area contributed by atoms with E-state index in [0.717, 1.165) is 0 Å². The van der Waals surface area contributed by atoms with Gasteiger partial charge in [-0.25, -0.2) is 4.79 Å². The molecule has 1 aromatic rings. The number of rotatable bonds is 3. The smallest absolute Gasteiger partial charge is 0.435 e. The van der Waals surface area contributed by atoms with E-state index < -0.39 is 12.3 Å². The van der Waals surface area contributed by atoms with Crippen LogP contribution in [-0.2, 0) is 9.47 Å². The van der Waals surface area contributed by atoms with E-state index in [1.165, 1.54) is 0 Å². The SMILES string of the molecule is CCOC(=O)O[C@H](C#N)c1ccc(Cl)cc1. The molecule has 1 aromatic carbocycles. The first-order valence-electron chi connectivity index (χ1n) is 4.66. The van der Waals surface area contributed by atoms with Gasteiger partial charge in [-0.05, 0) is 19.1 Å². The van der Waals surface area contributed by atoms with Gasteiger partial charge in [0.2, 0.25) is 6.10 Å². The number of nitriles is 1. The Hall–Kier alpha value is -1.73. The number of carbonyl (C=O) groups excluding carboxylic acids is 1. The van der Waals surface area contributed by atoms with Crippen molar-refractivity contribution in [3.8, 4) is 6.07 Å². The van der Waals surface area contributed by atoms with Gasteiger partial charge in [0.15, 0.2) is 0 Å². The van der Waals surface area contributed by atoms with Crippen LogP contribution in [0.2, 0.25) is 5.02 Å². The monoisotopic (exact) mass is 239 g/mol. The van der Waals surface area contributed by atoms with Crippen molar-refractivity contribution >= 4 is 17.8 Å². The number of benzene rings is 1. The minimum Gasteiger partial charge on any atom is -0.435 e. The molecule has 1 atom stereocenters. The molecule has 0 saturated carbocycles. The molecule has 0 fully saturated rings. The van der Waals surface area contributed by atoms with Crippen LogP contribution in [0.5, 0.6) is 0 Å². The average molecular weight is 240 g/mol. The molecule has 0 N–H and O–H groups in total. The zero-order chi connectivity index (χ0) is 12.0. The van der Waals surface area contributed by atoms with Crippen molar-refractivity contribution in [1.82, 2.24) is 0 Å². The third-order valence-corrected chi connectivity index (χ3v) is 2.02. The van der Waals surface area contributed by atoms with Crippen molar-refractivity contribution in [3.05, 3.63) is 34.9 Å². The van der Waals surface area contributed by atoms with E-state index in [2.05, 4.69) is 4.74 Å². The van der Waals surface area contributed by atoms with Gasteiger partial charge >= 0.3 is 6.16 Å². The fourth-order valence-corrected chi connectivity index (χ4v) is 1.18. The molecular formula is C11H10ClNO3. The lowest BCUT2D eigenvalue weighted by Crippen LogP contribution is -2.11. The van der Waals surface area contributed by atoms with E-state index >= 15 is 0 Å². The lowest BCUT2D eigenvalue weighted by molar-refractivity contribution is 0.0421. The Labute approximate surface area is 98.3 Å². The van der Waals surface area contributed by atoms with Crippen molar-refractivity contribution in [2.45, 2.75) is 13.0 Å². The highest BCUT2D eigenvalue weighted by atomic mass is 35.5. The Morgan fingerprint density at radius 1 is 1.50 bits per heavy atom. The Bertz CT molecular complexity index is 397. The standard InChI is InChI=1S/C11H10ClNO3/c1-2-15-11(14)16-10(7-13)8-3-5-9(12)6-4-8/h3-6,10H,2H2,1H3/t10-/m1/s1. The molecule has 0 unspecified atom stereocenters. The van der Waals surface area contributed by atoms with Crippen LogP contribution in [0.15, 0.2) is 24.3 Å². The molecule has 84 valence electrons. The van der Waals surface area contributed by atoms with Gasteiger partial charge in [0.1, 0.15) is 6.07 Å². The first-order valence-corrected chi connectivity index (χ1v) is 5.03. The number of ether oxygens (including phenoxy) is 2. The normalized spacial score (nSPS) is 11.3. The molecule has 0 spiro atoms. The van der Waals surface area contributed by atoms with Crippen molar-refractivity contribution in [2.24, 2.45) is 0 Å². The van der Waals surface area contributed by atoms with Gasteiger partial charge in [0.05, 0.1) is 6.61 Å². The van der Waals surface area contributed by atoms with Gasteiger partial charge < -0.3 is 9.47 Å². The molecule has 0 aromatic heterocycles. The lowest BCUT2D eigenvalue weighted by atomic mass is 10.1. The second-order valence-corrected chi connectivity index (χ2v) is 3.30. The van der Waals surface area contributed by atoms with Crippen LogP contribution in [0, 0.1) is 11.3 Å². The third kappa shape index (κ3) is 3.44. The molecule has 0 heterocycles. The maximum absolute atomic E-state index is 11.0. The summed E-state index contributed by atoms with van der Waals surface area (Å²) in [7, 11) is 0. The minimum absolute atomic E-state index is 0.206. The van der Waals surface area contributed by atoms with Gasteiger partial charge in [-0.15, -0.1) is 0 Å². The second-order valence-electron chi connectivity index (χ2n) is 2.86. The Kier molecular flexibility index (Phi) is 4.62. The molecule has 1 rings (SSSR count). The highest BCUT2D eigenvalue weighted by Crippen LogP contribution is 2.19. The fraction of sp³-hybridized carbons (Fsp3) is 0.273. The summed E-state index contributed by atoms with van der Waals surface area (Å²) in [5.41, 5.74) is 0.556. The first-order chi connectivity index (χ1) is 7.67. The molecule has 0 aliphatic carbocycles. The van der Waals surface area contributed by atoms with Crippen LogP contribution in [0.1, 0.15) is 18.6 Å². The average Bonchev–Trinajstić information content (AvgIpc) is 2.27. The summed E-state index contributed by atoms with van der Waals surface area (Å²) in [4.78, 5) is 11.0. The molecule has 4 nitrogen and oxygen atoms in total. The van der Waals surface area contributed by atoms with Crippen LogP contribution in [0.25, 0.3) is 0 Å². The van der Waals surface area contributed by atoms with E-state index in [9.17, 15) is 4.79 Å². The molecule has 16 heavy (non-hydrogen) atoms. The first kappa shape index (κ1) is 12.3. The van der Waals surface area contributed by atoms with E-state index in [1.807, 2.05) is 6.07 Å². The topological polar surface area (TPSA) is 59.3 Å². The van der Waals surface area contributed by atoms with Crippen LogP contribution in [0.3, 0.4) is 0 Å². The summed E-state index contributed by atoms with van der Waals surface area (Å²) >= 11 is 5.70. The van der Waals surface area contributed by atoms with Crippen LogP contribution in [-0.4, -0.2) is 12.8 Å². The molecule has 5 heteroatoms. The van der Waals surface area contributed by atoms with Gasteiger partial charge in [0, 0.05) is 10.6 Å². The molecule has 0 aliphatic rings. The van der Waals surface area contributed by atoms with E-state index in [0.29, 0.717) is 10.6 Å². The largest absolute Gasteiger partial charge is 0.509 e. The Morgan fingerprint density at radius 2 is 2.12 bits per heavy atom. The maximum atomic E-state index is 11.0. The molecular weight excluding hydrogens is 230 g/mol. The summed E-state index contributed by atoms with van der Waals surface area (Å²) < 4.78 is 9.38. The second kappa shape index (κ2) is 5.99. The predicted octanol–water partition coefficient (Wildman–Crippen LogP) is 3.08. The molecule has 0 radical (unpaired) electrons. The summed E-state index contributed by atoms with van der Waals surface area (Å²) in [6.07, 6.45) is -1.83. The quantitative estimate of drug-likeness (QED) is 0.761. The zero-order valence-electron chi connectivity index (χ0n) is 8.64. The van der Waals surface area contributed by atoms with E-state index in [-0.39, 0.29) is 6.61 Å². The minimum atomic E-state index is -0.976. The number of hydrogen-bond donors (Lipinski definition) is 0. The Morgan fingerprint density at radius 3 is 2.62 bits per heavy atom. The van der Waals surface area contributed by atoms with Crippen molar-refractivity contribution in [2.75, 3.05) is 6.61 Å². The van der Waals surface area contributed by atoms with E-state index in [1.54, 1.807) is 31.2 Å². The molecule has 0 aliphatic heterocycles. The van der Waals surface area contributed by atoms with Crippen molar-refractivity contribution in [3.63, 3.8) is 0 Å². The zero-order valence-corrected chi connectivity index (χ0v) is 9.40. The van der Waals surface area contributed by atoms with Crippen LogP contribution < -0.4 is 0 Å². The van der Waals surface area contributed by atoms with Crippen LogP contribution in [0.4, 0.5) is 4.79 Å². The summed E-state index contributed by atoms with van der Waals surface area (Å²) in [5.74, 6) is 0. The van der Waals surface area contributed by atoms with Gasteiger partial charge in [-0.3, -0.25) is 0 Å². The third-order valence-electron chi connectivity index (χ3n) is 1.77. The summed E-state index contributed by atoms with van der Waals surface area (Å²) in [5, 5.41) is 9.40. The lowest BCUT2D eigenvalue weighted by Gasteiger charge is -2.10. The fourth-order valence-electron chi connectivity index (χ4n) is 1.05. The maximum Gasteiger partial charge on any atom is 0.509 e. The van der Waals surface area contributed by atoms with Gasteiger partial charge in [-0.1, -0.05) is 23.7 Å². The number of carbonyl (C=O) groups is 1. The van der Waals surface area contributed by atoms with Gasteiger partial charge in [-0.2, -0.15) is 5.26 Å². The number of hydrogen-bond acceptors (Lipinski definition) is 4. The molecule has 0 amide bonds. The predicted molar refractivity (Wildman–Crippen MR) is 57.9 cm³/mol. The van der Waals surface area contributed by atoms with Crippen LogP contribution >= 0.6 is 11.6 Å². The van der Waals surface area contributed by atoms with Crippen molar-refractivity contribution in [1.29, 1.82) is 5.26 Å². The number of nitrogens with zero attached hydrogens (tertiary/aromatic N) is 1. The van der Waals surface area contributed by atoms with E-state index in [4.69, 9.17) is 21.6 Å².